The molecule has 0 aliphatic heterocycles. The van der Waals surface area contributed by atoms with Gasteiger partial charge >= 0.3 is 6.09 Å². The van der Waals surface area contributed by atoms with Gasteiger partial charge in [-0.25, -0.2) is 4.79 Å². The number of rotatable bonds is 17. The Balaban J connectivity index is 0.00000684. The molecule has 0 aliphatic carbocycles. The van der Waals surface area contributed by atoms with Crippen LogP contribution in [-0.4, -0.2) is 41.7 Å². The standard InChI is InChI=1S/C27H39N3O5S.ClH/c1-3-4-14-23(25(31)19-36-18-22-13-9-16-34-22)29-26(32)24(15-8-10-20(2)28)30-27(33)35-17-21-11-6-5-7-12-21;/h5-7,9,11-13,16,20,23-24H,3-4,8,10,14-15,17-19,28H2,1-2H3,(H,29,32)(H,30,33);1H. The number of furan rings is 1. The minimum absolute atomic E-state index is 0. The Bertz CT molecular complexity index is 912. The van der Waals surface area contributed by atoms with E-state index in [0.29, 0.717) is 31.4 Å². The summed E-state index contributed by atoms with van der Waals surface area (Å²) in [4.78, 5) is 38.6. The van der Waals surface area contributed by atoms with Gasteiger partial charge in [0.15, 0.2) is 5.78 Å². The SMILES string of the molecule is CCCCC(NC(=O)C(CCCC(C)N)NC(=O)OCc1ccccc1)C(=O)CSCc1ccco1.Cl. The number of halogens is 1. The van der Waals surface area contributed by atoms with Gasteiger partial charge in [-0.2, -0.15) is 0 Å². The fourth-order valence-corrected chi connectivity index (χ4v) is 4.43. The van der Waals surface area contributed by atoms with Crippen molar-refractivity contribution < 1.29 is 23.5 Å². The van der Waals surface area contributed by atoms with Gasteiger partial charge in [0, 0.05) is 6.04 Å². The van der Waals surface area contributed by atoms with Gasteiger partial charge in [-0.15, -0.1) is 24.2 Å². The van der Waals surface area contributed by atoms with E-state index in [1.807, 2.05) is 56.3 Å². The van der Waals surface area contributed by atoms with Crippen molar-refractivity contribution in [2.45, 2.75) is 82.9 Å². The zero-order valence-electron chi connectivity index (χ0n) is 21.6. The number of benzene rings is 1. The third-order valence-electron chi connectivity index (χ3n) is 5.59. The lowest BCUT2D eigenvalue weighted by Gasteiger charge is -2.23. The van der Waals surface area contributed by atoms with Crippen LogP contribution >= 0.6 is 24.2 Å². The van der Waals surface area contributed by atoms with Gasteiger partial charge in [0.2, 0.25) is 5.91 Å². The highest BCUT2D eigenvalue weighted by molar-refractivity contribution is 7.99. The molecule has 0 saturated heterocycles. The van der Waals surface area contributed by atoms with Crippen LogP contribution in [0.5, 0.6) is 0 Å². The number of unbranched alkanes of at least 4 members (excludes halogenated alkanes) is 1. The number of ether oxygens (including phenoxy) is 1. The van der Waals surface area contributed by atoms with Crippen LogP contribution in [-0.2, 0) is 26.7 Å². The first kappa shape index (κ1) is 32.5. The predicted molar refractivity (Wildman–Crippen MR) is 150 cm³/mol. The number of Topliss-reactive ketones (excluding diaryl/α,β-unsaturated/α-hetero) is 1. The molecular formula is C27H40ClN3O5S. The lowest BCUT2D eigenvalue weighted by atomic mass is 10.0. The Hall–Kier alpha value is -2.49. The highest BCUT2D eigenvalue weighted by Gasteiger charge is 2.27. The molecule has 1 heterocycles. The van der Waals surface area contributed by atoms with E-state index in [4.69, 9.17) is 14.9 Å². The lowest BCUT2D eigenvalue weighted by Crippen LogP contribution is -2.52. The van der Waals surface area contributed by atoms with E-state index in [9.17, 15) is 14.4 Å². The van der Waals surface area contributed by atoms with Crippen molar-refractivity contribution in [2.75, 3.05) is 5.75 Å². The normalized spacial score (nSPS) is 13.1. The van der Waals surface area contributed by atoms with Crippen LogP contribution in [0.4, 0.5) is 4.79 Å². The van der Waals surface area contributed by atoms with E-state index < -0.39 is 18.2 Å². The average molecular weight is 554 g/mol. The number of nitrogens with one attached hydrogen (secondary N) is 2. The monoisotopic (exact) mass is 553 g/mol. The summed E-state index contributed by atoms with van der Waals surface area (Å²) in [5.74, 6) is 1.21. The van der Waals surface area contributed by atoms with Crippen molar-refractivity contribution in [1.82, 2.24) is 10.6 Å². The topological polar surface area (TPSA) is 124 Å². The van der Waals surface area contributed by atoms with E-state index in [-0.39, 0.29) is 42.5 Å². The van der Waals surface area contributed by atoms with Gasteiger partial charge in [0.05, 0.1) is 23.8 Å². The second kappa shape index (κ2) is 18.7. The Morgan fingerprint density at radius 3 is 2.38 bits per heavy atom. The number of hydrogen-bond donors (Lipinski definition) is 3. The predicted octanol–water partition coefficient (Wildman–Crippen LogP) is 4.99. The summed E-state index contributed by atoms with van der Waals surface area (Å²) in [5, 5.41) is 5.57. The molecule has 8 nitrogen and oxygen atoms in total. The summed E-state index contributed by atoms with van der Waals surface area (Å²) in [6.07, 6.45) is 4.95. The van der Waals surface area contributed by atoms with Crippen LogP contribution in [0.25, 0.3) is 0 Å². The molecule has 2 aromatic rings. The molecule has 0 saturated carbocycles. The fourth-order valence-electron chi connectivity index (χ4n) is 3.56. The minimum Gasteiger partial charge on any atom is -0.468 e. The maximum absolute atomic E-state index is 13.2. The number of ketones is 1. The third kappa shape index (κ3) is 13.6. The quantitative estimate of drug-likeness (QED) is 0.252. The molecule has 0 aliphatic rings. The van der Waals surface area contributed by atoms with Crippen LogP contribution < -0.4 is 16.4 Å². The number of carbonyl (C=O) groups is 3. The Morgan fingerprint density at radius 1 is 1.00 bits per heavy atom. The van der Waals surface area contributed by atoms with Crippen LogP contribution in [0, 0.1) is 0 Å². The Labute approximate surface area is 230 Å². The van der Waals surface area contributed by atoms with Crippen LogP contribution in [0.3, 0.4) is 0 Å². The summed E-state index contributed by atoms with van der Waals surface area (Å²) in [6.45, 7) is 4.04. The van der Waals surface area contributed by atoms with Crippen LogP contribution in [0.2, 0.25) is 0 Å². The van der Waals surface area contributed by atoms with Crippen molar-refractivity contribution >= 4 is 42.0 Å². The molecule has 3 atom stereocenters. The number of nitrogens with two attached hydrogens (primary N) is 1. The largest absolute Gasteiger partial charge is 0.468 e. The molecule has 1 aromatic carbocycles. The smallest absolute Gasteiger partial charge is 0.408 e. The summed E-state index contributed by atoms with van der Waals surface area (Å²) < 4.78 is 10.6. The summed E-state index contributed by atoms with van der Waals surface area (Å²) in [6, 6.07) is 11.6. The van der Waals surface area contributed by atoms with Crippen molar-refractivity contribution in [3.8, 4) is 0 Å². The molecule has 0 radical (unpaired) electrons. The van der Waals surface area contributed by atoms with E-state index in [2.05, 4.69) is 10.6 Å². The molecule has 3 unspecified atom stereocenters. The molecule has 0 spiro atoms. The van der Waals surface area contributed by atoms with Gasteiger partial charge in [-0.1, -0.05) is 50.1 Å². The molecule has 206 valence electrons. The summed E-state index contributed by atoms with van der Waals surface area (Å²) in [5.41, 5.74) is 6.71. The summed E-state index contributed by atoms with van der Waals surface area (Å²) in [7, 11) is 0. The molecule has 1 aromatic heterocycles. The fraction of sp³-hybridized carbons (Fsp3) is 0.519. The Kier molecular flexibility index (Phi) is 16.5. The van der Waals surface area contributed by atoms with Crippen LogP contribution in [0.15, 0.2) is 53.1 Å². The van der Waals surface area contributed by atoms with Gasteiger partial charge < -0.3 is 25.5 Å². The third-order valence-corrected chi connectivity index (χ3v) is 6.57. The first-order valence-electron chi connectivity index (χ1n) is 12.5. The number of carbonyl (C=O) groups excluding carboxylic acids is 3. The number of hydrogen-bond acceptors (Lipinski definition) is 7. The summed E-state index contributed by atoms with van der Waals surface area (Å²) >= 11 is 1.45. The maximum atomic E-state index is 13.2. The highest BCUT2D eigenvalue weighted by atomic mass is 35.5. The van der Waals surface area contributed by atoms with Crippen molar-refractivity contribution in [2.24, 2.45) is 5.73 Å². The van der Waals surface area contributed by atoms with E-state index in [1.165, 1.54) is 11.8 Å². The first-order chi connectivity index (χ1) is 17.4. The van der Waals surface area contributed by atoms with Gasteiger partial charge in [0.1, 0.15) is 18.4 Å². The molecule has 4 N–H and O–H groups in total. The van der Waals surface area contributed by atoms with Crippen molar-refractivity contribution in [1.29, 1.82) is 0 Å². The average Bonchev–Trinajstić information content (AvgIpc) is 3.38. The van der Waals surface area contributed by atoms with Gasteiger partial charge in [-0.3, -0.25) is 9.59 Å². The van der Waals surface area contributed by atoms with Gasteiger partial charge in [0.25, 0.3) is 0 Å². The molecule has 2 amide bonds. The van der Waals surface area contributed by atoms with Crippen molar-refractivity contribution in [3.05, 3.63) is 60.1 Å². The van der Waals surface area contributed by atoms with Gasteiger partial charge in [-0.05, 0) is 50.3 Å². The van der Waals surface area contributed by atoms with E-state index >= 15 is 0 Å². The van der Waals surface area contributed by atoms with Crippen molar-refractivity contribution in [3.63, 3.8) is 0 Å². The zero-order valence-corrected chi connectivity index (χ0v) is 23.3. The second-order valence-corrected chi connectivity index (χ2v) is 9.89. The zero-order chi connectivity index (χ0) is 26.2. The molecular weight excluding hydrogens is 514 g/mol. The minimum atomic E-state index is -0.820. The number of thioether (sulfide) groups is 1. The highest BCUT2D eigenvalue weighted by Crippen LogP contribution is 2.15. The Morgan fingerprint density at radius 2 is 1.73 bits per heavy atom. The molecule has 0 fully saturated rings. The van der Waals surface area contributed by atoms with E-state index in [1.54, 1.807) is 6.26 Å². The second-order valence-electron chi connectivity index (χ2n) is 8.91. The van der Waals surface area contributed by atoms with E-state index in [0.717, 1.165) is 24.2 Å². The number of alkyl carbamates (subject to hydrolysis) is 1. The van der Waals surface area contributed by atoms with Crippen LogP contribution in [0.1, 0.15) is 63.7 Å². The lowest BCUT2D eigenvalue weighted by molar-refractivity contribution is -0.128. The maximum Gasteiger partial charge on any atom is 0.408 e. The molecule has 10 heteroatoms. The molecule has 2 rings (SSSR count). The molecule has 37 heavy (non-hydrogen) atoms. The first-order valence-corrected chi connectivity index (χ1v) is 13.7. The molecule has 0 bridgehead atoms. The number of amides is 2.